The molecule has 27 heavy (non-hydrogen) atoms. The lowest BCUT2D eigenvalue weighted by Gasteiger charge is -2.19. The number of amides is 1. The van der Waals surface area contributed by atoms with Gasteiger partial charge in [0.05, 0.1) is 12.8 Å². The van der Waals surface area contributed by atoms with Gasteiger partial charge in [-0.15, -0.1) is 0 Å². The maximum absolute atomic E-state index is 12.6. The maximum atomic E-state index is 12.6. The number of aryl methyl sites for hydroxylation is 1. The Hall–Kier alpha value is -2.86. The summed E-state index contributed by atoms with van der Waals surface area (Å²) in [6.07, 6.45) is 0.308. The summed E-state index contributed by atoms with van der Waals surface area (Å²) in [5.41, 5.74) is 2.63. The van der Waals surface area contributed by atoms with Gasteiger partial charge >= 0.3 is 0 Å². The molecule has 6 nitrogen and oxygen atoms in total. The Morgan fingerprint density at radius 2 is 2.11 bits per heavy atom. The van der Waals surface area contributed by atoms with Crippen LogP contribution in [0.2, 0.25) is 5.02 Å². The third kappa shape index (κ3) is 3.40. The van der Waals surface area contributed by atoms with Gasteiger partial charge in [-0.25, -0.2) is 0 Å². The molecular weight excluding hydrogens is 366 g/mol. The minimum absolute atomic E-state index is 0.0255. The van der Waals surface area contributed by atoms with Gasteiger partial charge in [-0.05, 0) is 37.3 Å². The van der Waals surface area contributed by atoms with E-state index in [-0.39, 0.29) is 11.8 Å². The second-order valence-corrected chi connectivity index (χ2v) is 6.99. The first kappa shape index (κ1) is 17.5. The zero-order valence-electron chi connectivity index (χ0n) is 15.0. The lowest BCUT2D eigenvalue weighted by atomic mass is 10.1. The van der Waals surface area contributed by atoms with Crippen molar-refractivity contribution in [2.45, 2.75) is 19.3 Å². The minimum Gasteiger partial charge on any atom is -0.495 e. The fourth-order valence-electron chi connectivity index (χ4n) is 3.28. The van der Waals surface area contributed by atoms with E-state index in [0.717, 1.165) is 11.1 Å². The van der Waals surface area contributed by atoms with Crippen LogP contribution in [0.4, 0.5) is 5.69 Å². The molecule has 138 valence electrons. The van der Waals surface area contributed by atoms with Crippen LogP contribution in [0.25, 0.3) is 11.5 Å². The first-order chi connectivity index (χ1) is 13.0. The van der Waals surface area contributed by atoms with Crippen molar-refractivity contribution in [2.75, 3.05) is 18.6 Å². The lowest BCUT2D eigenvalue weighted by Crippen LogP contribution is -2.24. The fraction of sp³-hybridized carbons (Fsp3) is 0.250. The van der Waals surface area contributed by atoms with Crippen molar-refractivity contribution in [3.8, 4) is 17.2 Å². The smallest absolute Gasteiger partial charge is 0.257 e. The first-order valence-electron chi connectivity index (χ1n) is 8.59. The summed E-state index contributed by atoms with van der Waals surface area (Å²) in [6.45, 7) is 2.45. The zero-order valence-corrected chi connectivity index (χ0v) is 15.7. The van der Waals surface area contributed by atoms with Gasteiger partial charge in [-0.3, -0.25) is 4.79 Å². The number of hydrogen-bond donors (Lipinski definition) is 0. The second kappa shape index (κ2) is 7.04. The quantitative estimate of drug-likeness (QED) is 0.674. The van der Waals surface area contributed by atoms with Crippen LogP contribution >= 0.6 is 11.6 Å². The van der Waals surface area contributed by atoms with Crippen molar-refractivity contribution in [1.29, 1.82) is 0 Å². The summed E-state index contributed by atoms with van der Waals surface area (Å²) in [4.78, 5) is 18.8. The van der Waals surface area contributed by atoms with E-state index < -0.39 is 0 Å². The van der Waals surface area contributed by atoms with Crippen molar-refractivity contribution in [3.05, 3.63) is 58.9 Å². The Bertz CT molecular complexity index is 1000. The van der Waals surface area contributed by atoms with E-state index in [9.17, 15) is 4.79 Å². The van der Waals surface area contributed by atoms with Gasteiger partial charge in [-0.2, -0.15) is 4.98 Å². The molecule has 7 heteroatoms. The number of halogens is 1. The molecule has 1 amide bonds. The molecule has 1 atom stereocenters. The lowest BCUT2D eigenvalue weighted by molar-refractivity contribution is -0.117. The third-order valence-corrected chi connectivity index (χ3v) is 4.86. The average Bonchev–Trinajstić information content (AvgIpc) is 3.28. The molecule has 0 bridgehead atoms. The van der Waals surface area contributed by atoms with Crippen LogP contribution in [0.15, 0.2) is 47.0 Å². The Balaban J connectivity index is 1.59. The molecule has 2 heterocycles. The number of ether oxygens (including phenoxy) is 1. The molecule has 1 fully saturated rings. The van der Waals surface area contributed by atoms with Crippen molar-refractivity contribution < 1.29 is 14.1 Å². The van der Waals surface area contributed by atoms with E-state index in [2.05, 4.69) is 10.1 Å². The molecule has 1 saturated heterocycles. The molecule has 0 aliphatic carbocycles. The van der Waals surface area contributed by atoms with Crippen LogP contribution in [0, 0.1) is 6.92 Å². The molecule has 4 rings (SSSR count). The molecule has 1 aliphatic heterocycles. The van der Waals surface area contributed by atoms with Crippen LogP contribution < -0.4 is 9.64 Å². The largest absolute Gasteiger partial charge is 0.495 e. The molecule has 0 radical (unpaired) electrons. The van der Waals surface area contributed by atoms with E-state index >= 15 is 0 Å². The summed E-state index contributed by atoms with van der Waals surface area (Å²) in [7, 11) is 1.57. The highest BCUT2D eigenvalue weighted by molar-refractivity contribution is 6.31. The molecule has 1 unspecified atom stereocenters. The SMILES string of the molecule is COc1ccc(Cl)cc1N1CC(c2noc(-c3cccc(C)c3)n2)CC1=O. The van der Waals surface area contributed by atoms with Gasteiger partial charge in [0, 0.05) is 29.5 Å². The van der Waals surface area contributed by atoms with Crippen molar-refractivity contribution >= 4 is 23.2 Å². The van der Waals surface area contributed by atoms with Crippen molar-refractivity contribution in [1.82, 2.24) is 10.1 Å². The van der Waals surface area contributed by atoms with E-state index in [1.54, 1.807) is 30.2 Å². The van der Waals surface area contributed by atoms with Gasteiger partial charge in [0.1, 0.15) is 5.75 Å². The average molecular weight is 384 g/mol. The number of aromatic nitrogens is 2. The molecule has 1 aliphatic rings. The van der Waals surface area contributed by atoms with E-state index in [0.29, 0.717) is 41.1 Å². The molecule has 0 spiro atoms. The standard InChI is InChI=1S/C20H18ClN3O3/c1-12-4-3-5-13(8-12)20-22-19(23-27-20)14-9-18(25)24(11-14)16-10-15(21)6-7-17(16)26-2/h3-8,10,14H,9,11H2,1-2H3. The molecule has 1 aromatic heterocycles. The minimum atomic E-state index is -0.150. The number of anilines is 1. The van der Waals surface area contributed by atoms with Crippen molar-refractivity contribution in [2.24, 2.45) is 0 Å². The van der Waals surface area contributed by atoms with Crippen LogP contribution in [0.5, 0.6) is 5.75 Å². The van der Waals surface area contributed by atoms with Crippen molar-refractivity contribution in [3.63, 3.8) is 0 Å². The van der Waals surface area contributed by atoms with Gasteiger partial charge < -0.3 is 14.2 Å². The monoisotopic (exact) mass is 383 g/mol. The highest BCUT2D eigenvalue weighted by Crippen LogP contribution is 2.37. The number of benzene rings is 2. The second-order valence-electron chi connectivity index (χ2n) is 6.55. The molecular formula is C20H18ClN3O3. The third-order valence-electron chi connectivity index (χ3n) is 4.63. The Labute approximate surface area is 161 Å². The number of hydrogen-bond acceptors (Lipinski definition) is 5. The number of rotatable bonds is 4. The summed E-state index contributed by atoms with van der Waals surface area (Å²) >= 11 is 6.10. The van der Waals surface area contributed by atoms with Gasteiger partial charge in [-0.1, -0.05) is 34.5 Å². The normalized spacial score (nSPS) is 16.8. The Morgan fingerprint density at radius 3 is 2.89 bits per heavy atom. The Morgan fingerprint density at radius 1 is 1.26 bits per heavy atom. The van der Waals surface area contributed by atoms with E-state index in [4.69, 9.17) is 20.9 Å². The summed E-state index contributed by atoms with van der Waals surface area (Å²) in [5.74, 6) is 1.41. The molecule has 0 saturated carbocycles. The van der Waals surface area contributed by atoms with Gasteiger partial charge in [0.15, 0.2) is 5.82 Å². The Kier molecular flexibility index (Phi) is 4.58. The summed E-state index contributed by atoms with van der Waals surface area (Å²) in [5, 5.41) is 4.65. The molecule has 2 aromatic carbocycles. The van der Waals surface area contributed by atoms with Crippen LogP contribution in [-0.4, -0.2) is 29.7 Å². The number of carbonyl (C=O) groups excluding carboxylic acids is 1. The van der Waals surface area contributed by atoms with E-state index in [1.807, 2.05) is 31.2 Å². The van der Waals surface area contributed by atoms with Gasteiger partial charge in [0.25, 0.3) is 5.89 Å². The predicted octanol–water partition coefficient (Wildman–Crippen LogP) is 4.23. The number of nitrogens with zero attached hydrogens (tertiary/aromatic N) is 3. The highest BCUT2D eigenvalue weighted by Gasteiger charge is 2.36. The number of carbonyl (C=O) groups is 1. The van der Waals surface area contributed by atoms with Gasteiger partial charge in [0.2, 0.25) is 5.91 Å². The van der Waals surface area contributed by atoms with E-state index in [1.165, 1.54) is 0 Å². The maximum Gasteiger partial charge on any atom is 0.257 e. The summed E-state index contributed by atoms with van der Waals surface area (Å²) < 4.78 is 10.8. The molecule has 0 N–H and O–H groups in total. The van der Waals surface area contributed by atoms with Crippen LogP contribution in [0.3, 0.4) is 0 Å². The topological polar surface area (TPSA) is 68.5 Å². The van der Waals surface area contributed by atoms with Crippen LogP contribution in [-0.2, 0) is 4.79 Å². The fourth-order valence-corrected chi connectivity index (χ4v) is 3.45. The molecule has 3 aromatic rings. The zero-order chi connectivity index (χ0) is 19.0. The van der Waals surface area contributed by atoms with Crippen LogP contribution in [0.1, 0.15) is 23.7 Å². The first-order valence-corrected chi connectivity index (χ1v) is 8.97. The summed E-state index contributed by atoms with van der Waals surface area (Å²) in [6, 6.07) is 13.1. The number of methoxy groups -OCH3 is 1. The predicted molar refractivity (Wildman–Crippen MR) is 102 cm³/mol. The highest BCUT2D eigenvalue weighted by atomic mass is 35.5.